The van der Waals surface area contributed by atoms with Crippen LogP contribution in [0.5, 0.6) is 0 Å². The van der Waals surface area contributed by atoms with E-state index in [0.29, 0.717) is 13.0 Å². The van der Waals surface area contributed by atoms with Crippen molar-refractivity contribution in [3.63, 3.8) is 0 Å². The Morgan fingerprint density at radius 2 is 2.00 bits per heavy atom. The molecular formula is C13H22N2O6. The zero-order valence-corrected chi connectivity index (χ0v) is 12.3. The van der Waals surface area contributed by atoms with Gasteiger partial charge in [0.2, 0.25) is 0 Å². The molecule has 120 valence electrons. The molecule has 0 aromatic heterocycles. The van der Waals surface area contributed by atoms with E-state index in [-0.39, 0.29) is 26.1 Å². The zero-order valence-electron chi connectivity index (χ0n) is 12.3. The summed E-state index contributed by atoms with van der Waals surface area (Å²) in [5.74, 6) is -1.70. The van der Waals surface area contributed by atoms with Crippen molar-refractivity contribution in [3.05, 3.63) is 0 Å². The summed E-state index contributed by atoms with van der Waals surface area (Å²) >= 11 is 0. The Balaban J connectivity index is 2.79. The van der Waals surface area contributed by atoms with Gasteiger partial charge in [0.05, 0.1) is 12.7 Å². The zero-order chi connectivity index (χ0) is 16.0. The average Bonchev–Trinajstić information content (AvgIpc) is 2.80. The van der Waals surface area contributed by atoms with Crippen LogP contribution < -0.4 is 0 Å². The summed E-state index contributed by atoms with van der Waals surface area (Å²) in [7, 11) is 0. The minimum Gasteiger partial charge on any atom is -0.480 e. The monoisotopic (exact) mass is 302 g/mol. The van der Waals surface area contributed by atoms with E-state index in [1.807, 2.05) is 6.92 Å². The number of likely N-dealkylation sites (tertiary alicyclic amines) is 1. The fourth-order valence-electron chi connectivity index (χ4n) is 2.32. The first-order valence-electron chi connectivity index (χ1n) is 7.02. The Morgan fingerprint density at radius 1 is 1.33 bits per heavy atom. The smallest absolute Gasteiger partial charge is 0.326 e. The van der Waals surface area contributed by atoms with Crippen LogP contribution in [0.2, 0.25) is 0 Å². The average molecular weight is 302 g/mol. The maximum absolute atomic E-state index is 12.4. The van der Waals surface area contributed by atoms with Gasteiger partial charge in [-0.2, -0.15) is 0 Å². The molecule has 0 aromatic rings. The van der Waals surface area contributed by atoms with E-state index in [1.165, 1.54) is 4.90 Å². The largest absolute Gasteiger partial charge is 0.480 e. The molecule has 0 unspecified atom stereocenters. The van der Waals surface area contributed by atoms with Crippen molar-refractivity contribution in [2.75, 3.05) is 26.2 Å². The van der Waals surface area contributed by atoms with E-state index in [0.717, 1.165) is 4.90 Å². The number of amides is 2. The molecule has 1 fully saturated rings. The number of hydrogen-bond acceptors (Lipinski definition) is 5. The molecule has 0 radical (unpaired) electrons. The maximum Gasteiger partial charge on any atom is 0.326 e. The van der Waals surface area contributed by atoms with Crippen LogP contribution >= 0.6 is 0 Å². The number of carboxylic acid groups (broad SMARTS) is 1. The van der Waals surface area contributed by atoms with Gasteiger partial charge in [-0.05, 0) is 13.3 Å². The Bertz CT molecular complexity index is 400. The van der Waals surface area contributed by atoms with E-state index in [2.05, 4.69) is 0 Å². The summed E-state index contributed by atoms with van der Waals surface area (Å²) in [6, 6.07) is -1.62. The number of esters is 1. The van der Waals surface area contributed by atoms with Crippen LogP contribution in [0, 0.1) is 0 Å². The Morgan fingerprint density at radius 3 is 2.52 bits per heavy atom. The number of urea groups is 1. The van der Waals surface area contributed by atoms with Crippen molar-refractivity contribution < 1.29 is 29.3 Å². The molecular weight excluding hydrogens is 280 g/mol. The van der Waals surface area contributed by atoms with Crippen LogP contribution in [0.25, 0.3) is 0 Å². The van der Waals surface area contributed by atoms with Crippen molar-refractivity contribution >= 4 is 18.0 Å². The third-order valence-corrected chi connectivity index (χ3v) is 3.20. The topological polar surface area (TPSA) is 107 Å². The third-order valence-electron chi connectivity index (χ3n) is 3.20. The van der Waals surface area contributed by atoms with E-state index in [9.17, 15) is 19.5 Å². The number of aliphatic carboxylic acids is 1. The van der Waals surface area contributed by atoms with Gasteiger partial charge in [0.1, 0.15) is 12.6 Å². The molecule has 1 rings (SSSR count). The maximum atomic E-state index is 12.4. The molecule has 2 N–H and O–H groups in total. The predicted molar refractivity (Wildman–Crippen MR) is 72.6 cm³/mol. The Labute approximate surface area is 123 Å². The quantitative estimate of drug-likeness (QED) is 0.664. The predicted octanol–water partition coefficient (Wildman–Crippen LogP) is -0.0987. The summed E-state index contributed by atoms with van der Waals surface area (Å²) in [4.78, 5) is 37.4. The lowest BCUT2D eigenvalue weighted by Crippen LogP contribution is -2.50. The molecule has 0 bridgehead atoms. The van der Waals surface area contributed by atoms with Crippen LogP contribution in [-0.2, 0) is 14.3 Å². The highest BCUT2D eigenvalue weighted by Gasteiger charge is 2.40. The number of aliphatic hydroxyl groups is 1. The summed E-state index contributed by atoms with van der Waals surface area (Å²) < 4.78 is 4.81. The number of nitrogens with zero attached hydrogens (tertiary/aromatic N) is 2. The van der Waals surface area contributed by atoms with E-state index in [4.69, 9.17) is 9.84 Å². The highest BCUT2D eigenvalue weighted by molar-refractivity contribution is 5.86. The normalized spacial score (nSPS) is 21.2. The van der Waals surface area contributed by atoms with Gasteiger partial charge >= 0.3 is 18.0 Å². The highest BCUT2D eigenvalue weighted by atomic mass is 16.5. The first-order valence-corrected chi connectivity index (χ1v) is 7.02. The molecule has 21 heavy (non-hydrogen) atoms. The molecule has 1 aliphatic heterocycles. The van der Waals surface area contributed by atoms with Crippen molar-refractivity contribution in [2.24, 2.45) is 0 Å². The lowest BCUT2D eigenvalue weighted by atomic mass is 10.2. The van der Waals surface area contributed by atoms with Gasteiger partial charge in [-0.1, -0.05) is 6.92 Å². The summed E-state index contributed by atoms with van der Waals surface area (Å²) in [6.45, 7) is 3.78. The number of carboxylic acids is 1. The molecule has 1 saturated heterocycles. The highest BCUT2D eigenvalue weighted by Crippen LogP contribution is 2.20. The number of carbonyl (C=O) groups excluding carboxylic acids is 2. The number of β-amino-alcohol motifs (C(OH)–C–C–N with tert-alkyl or cyclic N) is 1. The summed E-state index contributed by atoms with van der Waals surface area (Å²) in [5.41, 5.74) is 0. The first-order chi connectivity index (χ1) is 9.90. The third kappa shape index (κ3) is 4.59. The standard InChI is InChI=1S/C13H22N2O6/c1-3-5-14(8-11(17)21-4-2)13(20)15-7-9(16)6-10(15)12(18)19/h9-10,16H,3-8H2,1-2H3,(H,18,19)/t9-,10+/m1/s1. The molecule has 1 heterocycles. The van der Waals surface area contributed by atoms with Crippen molar-refractivity contribution in [1.82, 2.24) is 9.80 Å². The van der Waals surface area contributed by atoms with Crippen molar-refractivity contribution in [2.45, 2.75) is 38.8 Å². The second-order valence-corrected chi connectivity index (χ2v) is 4.91. The van der Waals surface area contributed by atoms with Gasteiger partial charge in [-0.3, -0.25) is 4.79 Å². The number of hydrogen-bond donors (Lipinski definition) is 2. The molecule has 8 nitrogen and oxygen atoms in total. The second kappa shape index (κ2) is 7.82. The van der Waals surface area contributed by atoms with Crippen LogP contribution in [0.4, 0.5) is 4.79 Å². The Kier molecular flexibility index (Phi) is 6.41. The molecule has 0 spiro atoms. The number of aliphatic hydroxyl groups excluding tert-OH is 1. The molecule has 0 aromatic carbocycles. The van der Waals surface area contributed by atoms with E-state index in [1.54, 1.807) is 6.92 Å². The SMILES string of the molecule is CCCN(CC(=O)OCC)C(=O)N1C[C@H](O)C[C@H]1C(=O)O. The van der Waals surface area contributed by atoms with Gasteiger partial charge in [0, 0.05) is 19.5 Å². The fourth-order valence-corrected chi connectivity index (χ4v) is 2.32. The van der Waals surface area contributed by atoms with Crippen LogP contribution in [0.1, 0.15) is 26.7 Å². The molecule has 8 heteroatoms. The van der Waals surface area contributed by atoms with Crippen molar-refractivity contribution in [3.8, 4) is 0 Å². The van der Waals surface area contributed by atoms with Crippen LogP contribution in [0.3, 0.4) is 0 Å². The summed E-state index contributed by atoms with van der Waals surface area (Å²) in [6.07, 6.45) is -0.235. The fraction of sp³-hybridized carbons (Fsp3) is 0.769. The van der Waals surface area contributed by atoms with Crippen LogP contribution in [0.15, 0.2) is 0 Å². The molecule has 2 amide bonds. The van der Waals surface area contributed by atoms with Crippen molar-refractivity contribution in [1.29, 1.82) is 0 Å². The lowest BCUT2D eigenvalue weighted by Gasteiger charge is -2.29. The minimum atomic E-state index is -1.16. The van der Waals surface area contributed by atoms with Gasteiger partial charge in [0.25, 0.3) is 0 Å². The molecule has 0 saturated carbocycles. The number of ether oxygens (including phenoxy) is 1. The number of carbonyl (C=O) groups is 3. The van der Waals surface area contributed by atoms with E-state index >= 15 is 0 Å². The number of rotatable bonds is 6. The summed E-state index contributed by atoms with van der Waals surface area (Å²) in [5, 5.41) is 18.7. The molecule has 1 aliphatic rings. The molecule has 0 aliphatic carbocycles. The second-order valence-electron chi connectivity index (χ2n) is 4.91. The Hall–Kier alpha value is -1.83. The first kappa shape index (κ1) is 17.2. The van der Waals surface area contributed by atoms with Crippen LogP contribution in [-0.4, -0.2) is 76.4 Å². The van der Waals surface area contributed by atoms with Gasteiger partial charge < -0.3 is 24.7 Å². The lowest BCUT2D eigenvalue weighted by molar-refractivity contribution is -0.143. The minimum absolute atomic E-state index is 0.000441. The van der Waals surface area contributed by atoms with Gasteiger partial charge in [0.15, 0.2) is 0 Å². The van der Waals surface area contributed by atoms with Gasteiger partial charge in [-0.15, -0.1) is 0 Å². The molecule has 2 atom stereocenters. The van der Waals surface area contributed by atoms with E-state index < -0.39 is 30.1 Å². The van der Waals surface area contributed by atoms with Gasteiger partial charge in [-0.25, -0.2) is 9.59 Å².